The molecule has 0 atom stereocenters. The first-order chi connectivity index (χ1) is 8.98. The fourth-order valence-corrected chi connectivity index (χ4v) is 3.54. The number of rotatable bonds is 7. The van der Waals surface area contributed by atoms with E-state index in [-0.39, 0.29) is 31.1 Å². The van der Waals surface area contributed by atoms with Crippen molar-refractivity contribution >= 4 is 10.0 Å². The summed E-state index contributed by atoms with van der Waals surface area (Å²) in [6, 6.07) is 5.03. The summed E-state index contributed by atoms with van der Waals surface area (Å²) in [6.07, 6.45) is 1.50. The van der Waals surface area contributed by atoms with Crippen LogP contribution in [0.2, 0.25) is 0 Å². The van der Waals surface area contributed by atoms with Gasteiger partial charge < -0.3 is 10.8 Å². The first kappa shape index (κ1) is 15.8. The molecule has 6 heteroatoms. The van der Waals surface area contributed by atoms with E-state index in [1.807, 2.05) is 0 Å². The standard InChI is InChI=1S/C13H20N2O3S/c1-3-7-15(8-9-16)19(17,18)13-6-4-5-12(10-14)11(13)2/h3-6,16H,1,7-10,14H2,2H3. The van der Waals surface area contributed by atoms with Gasteiger partial charge in [0.25, 0.3) is 0 Å². The maximum atomic E-state index is 12.5. The van der Waals surface area contributed by atoms with Gasteiger partial charge in [-0.25, -0.2) is 8.42 Å². The number of aliphatic hydroxyl groups excluding tert-OH is 1. The molecule has 3 N–H and O–H groups in total. The Balaban J connectivity index is 3.28. The van der Waals surface area contributed by atoms with E-state index in [9.17, 15) is 8.42 Å². The van der Waals surface area contributed by atoms with Crippen LogP contribution in [0.5, 0.6) is 0 Å². The Bertz CT molecular complexity index is 541. The maximum absolute atomic E-state index is 12.5. The molecule has 5 nitrogen and oxygen atoms in total. The largest absolute Gasteiger partial charge is 0.395 e. The normalized spacial score (nSPS) is 11.8. The van der Waals surface area contributed by atoms with Crippen molar-refractivity contribution in [1.82, 2.24) is 4.31 Å². The monoisotopic (exact) mass is 284 g/mol. The highest BCUT2D eigenvalue weighted by atomic mass is 32.2. The van der Waals surface area contributed by atoms with Crippen LogP contribution in [-0.2, 0) is 16.6 Å². The summed E-state index contributed by atoms with van der Waals surface area (Å²) in [5.74, 6) is 0. The molecule has 0 bridgehead atoms. The van der Waals surface area contributed by atoms with Crippen LogP contribution in [0.4, 0.5) is 0 Å². The van der Waals surface area contributed by atoms with E-state index in [2.05, 4.69) is 6.58 Å². The Hall–Kier alpha value is -1.21. The molecule has 19 heavy (non-hydrogen) atoms. The molecule has 0 fully saturated rings. The summed E-state index contributed by atoms with van der Waals surface area (Å²) in [4.78, 5) is 0.228. The maximum Gasteiger partial charge on any atom is 0.243 e. The summed E-state index contributed by atoms with van der Waals surface area (Å²) in [6.45, 7) is 5.53. The lowest BCUT2D eigenvalue weighted by Crippen LogP contribution is -2.34. The molecule has 0 aliphatic heterocycles. The minimum Gasteiger partial charge on any atom is -0.395 e. The number of aliphatic hydroxyl groups is 1. The molecular formula is C13H20N2O3S. The minimum atomic E-state index is -3.64. The van der Waals surface area contributed by atoms with Crippen molar-refractivity contribution < 1.29 is 13.5 Å². The smallest absolute Gasteiger partial charge is 0.243 e. The van der Waals surface area contributed by atoms with Gasteiger partial charge in [0, 0.05) is 19.6 Å². The molecule has 1 aromatic carbocycles. The number of nitrogens with zero attached hydrogens (tertiary/aromatic N) is 1. The topological polar surface area (TPSA) is 83.6 Å². The SMILES string of the molecule is C=CCN(CCO)S(=O)(=O)c1cccc(CN)c1C. The predicted molar refractivity (Wildman–Crippen MR) is 75.1 cm³/mol. The second-order valence-electron chi connectivity index (χ2n) is 4.12. The fourth-order valence-electron chi connectivity index (χ4n) is 1.86. The van der Waals surface area contributed by atoms with Gasteiger partial charge in [-0.2, -0.15) is 4.31 Å². The van der Waals surface area contributed by atoms with E-state index >= 15 is 0 Å². The highest BCUT2D eigenvalue weighted by Gasteiger charge is 2.25. The zero-order valence-electron chi connectivity index (χ0n) is 11.0. The van der Waals surface area contributed by atoms with Crippen molar-refractivity contribution in [2.75, 3.05) is 19.7 Å². The van der Waals surface area contributed by atoms with Gasteiger partial charge in [0.15, 0.2) is 0 Å². The average Bonchev–Trinajstić information content (AvgIpc) is 2.38. The predicted octanol–water partition coefficient (Wildman–Crippen LogP) is 0.623. The van der Waals surface area contributed by atoms with Crippen molar-refractivity contribution in [3.63, 3.8) is 0 Å². The molecule has 1 rings (SSSR count). The molecule has 0 saturated carbocycles. The van der Waals surface area contributed by atoms with Crippen molar-refractivity contribution in [1.29, 1.82) is 0 Å². The molecule has 0 saturated heterocycles. The Morgan fingerprint density at radius 1 is 1.47 bits per heavy atom. The highest BCUT2D eigenvalue weighted by molar-refractivity contribution is 7.89. The number of hydrogen-bond donors (Lipinski definition) is 2. The molecular weight excluding hydrogens is 264 g/mol. The highest BCUT2D eigenvalue weighted by Crippen LogP contribution is 2.22. The zero-order valence-corrected chi connectivity index (χ0v) is 11.9. The Kier molecular flexibility index (Phi) is 5.68. The van der Waals surface area contributed by atoms with Crippen molar-refractivity contribution in [3.05, 3.63) is 42.0 Å². The van der Waals surface area contributed by atoms with E-state index in [4.69, 9.17) is 10.8 Å². The number of hydrogen-bond acceptors (Lipinski definition) is 4. The Morgan fingerprint density at radius 2 is 2.16 bits per heavy atom. The van der Waals surface area contributed by atoms with E-state index < -0.39 is 10.0 Å². The third kappa shape index (κ3) is 3.42. The molecule has 1 aromatic rings. The second kappa shape index (κ2) is 6.81. The molecule has 106 valence electrons. The van der Waals surface area contributed by atoms with Crippen molar-refractivity contribution in [3.8, 4) is 0 Å². The van der Waals surface area contributed by atoms with E-state index in [1.54, 1.807) is 25.1 Å². The van der Waals surface area contributed by atoms with Crippen LogP contribution < -0.4 is 5.73 Å². The van der Waals surface area contributed by atoms with Gasteiger partial charge in [0.1, 0.15) is 0 Å². The van der Waals surface area contributed by atoms with Gasteiger partial charge in [-0.05, 0) is 24.1 Å². The third-order valence-electron chi connectivity index (χ3n) is 2.92. The van der Waals surface area contributed by atoms with Gasteiger partial charge in [-0.1, -0.05) is 18.2 Å². The molecule has 0 aromatic heterocycles. The average molecular weight is 284 g/mol. The first-order valence-electron chi connectivity index (χ1n) is 5.99. The first-order valence-corrected chi connectivity index (χ1v) is 7.43. The summed E-state index contributed by atoms with van der Waals surface area (Å²) in [5.41, 5.74) is 7.04. The number of nitrogens with two attached hydrogens (primary N) is 1. The lowest BCUT2D eigenvalue weighted by Gasteiger charge is -2.21. The fraction of sp³-hybridized carbons (Fsp3) is 0.385. The lowest BCUT2D eigenvalue weighted by atomic mass is 10.1. The van der Waals surface area contributed by atoms with Crippen LogP contribution in [-0.4, -0.2) is 37.5 Å². The van der Waals surface area contributed by atoms with Crippen LogP contribution in [0.25, 0.3) is 0 Å². The van der Waals surface area contributed by atoms with Gasteiger partial charge in [-0.15, -0.1) is 6.58 Å². The van der Waals surface area contributed by atoms with Gasteiger partial charge in [-0.3, -0.25) is 0 Å². The molecule has 0 aliphatic carbocycles. The zero-order chi connectivity index (χ0) is 14.5. The molecule has 0 unspecified atom stereocenters. The number of benzene rings is 1. The Labute approximate surface area is 114 Å². The van der Waals surface area contributed by atoms with Gasteiger partial charge >= 0.3 is 0 Å². The van der Waals surface area contributed by atoms with Crippen LogP contribution in [0.3, 0.4) is 0 Å². The quantitative estimate of drug-likeness (QED) is 0.719. The summed E-state index contributed by atoms with van der Waals surface area (Å²) in [5, 5.41) is 8.98. The van der Waals surface area contributed by atoms with Crippen LogP contribution in [0.1, 0.15) is 11.1 Å². The van der Waals surface area contributed by atoms with E-state index in [0.29, 0.717) is 5.56 Å². The summed E-state index contributed by atoms with van der Waals surface area (Å²) in [7, 11) is -3.64. The minimum absolute atomic E-state index is 0.0423. The van der Waals surface area contributed by atoms with E-state index in [0.717, 1.165) is 5.56 Å². The van der Waals surface area contributed by atoms with Crippen molar-refractivity contribution in [2.24, 2.45) is 5.73 Å². The Morgan fingerprint density at radius 3 is 2.68 bits per heavy atom. The van der Waals surface area contributed by atoms with E-state index in [1.165, 1.54) is 10.4 Å². The van der Waals surface area contributed by atoms with Gasteiger partial charge in [0.2, 0.25) is 10.0 Å². The molecule has 0 amide bonds. The van der Waals surface area contributed by atoms with Crippen LogP contribution >= 0.6 is 0 Å². The molecule has 0 radical (unpaired) electrons. The van der Waals surface area contributed by atoms with Gasteiger partial charge in [0.05, 0.1) is 11.5 Å². The van der Waals surface area contributed by atoms with Crippen LogP contribution in [0, 0.1) is 6.92 Å². The second-order valence-corrected chi connectivity index (χ2v) is 6.03. The number of sulfonamides is 1. The summed E-state index contributed by atoms with van der Waals surface area (Å²) >= 11 is 0. The lowest BCUT2D eigenvalue weighted by molar-refractivity contribution is 0.260. The third-order valence-corrected chi connectivity index (χ3v) is 4.93. The molecule has 0 heterocycles. The molecule has 0 aliphatic rings. The van der Waals surface area contributed by atoms with Crippen molar-refractivity contribution in [2.45, 2.75) is 18.4 Å². The summed E-state index contributed by atoms with van der Waals surface area (Å²) < 4.78 is 26.3. The van der Waals surface area contributed by atoms with Crippen LogP contribution in [0.15, 0.2) is 35.7 Å². The molecule has 0 spiro atoms.